The first kappa shape index (κ1) is 19.4. The minimum atomic E-state index is -4.19. The summed E-state index contributed by atoms with van der Waals surface area (Å²) in [5, 5.41) is 5.96. The Morgan fingerprint density at radius 3 is 2.41 bits per heavy atom. The van der Waals surface area contributed by atoms with E-state index in [9.17, 15) is 13.2 Å². The van der Waals surface area contributed by atoms with Crippen molar-refractivity contribution in [2.45, 2.75) is 38.0 Å². The molecule has 1 aliphatic heterocycles. The van der Waals surface area contributed by atoms with Crippen molar-refractivity contribution in [2.24, 2.45) is 11.5 Å². The summed E-state index contributed by atoms with van der Waals surface area (Å²) in [6.07, 6.45) is 0.782. The van der Waals surface area contributed by atoms with Crippen molar-refractivity contribution in [3.8, 4) is 0 Å². The third-order valence-electron chi connectivity index (χ3n) is 3.35. The summed E-state index contributed by atoms with van der Waals surface area (Å²) in [7, 11) is -4.19. The maximum atomic E-state index is 12.0. The summed E-state index contributed by atoms with van der Waals surface area (Å²) in [6, 6.07) is 0. The van der Waals surface area contributed by atoms with E-state index in [1.807, 2.05) is 0 Å². The molecule has 1 heterocycles. The van der Waals surface area contributed by atoms with Gasteiger partial charge in [0.15, 0.2) is 5.78 Å². The molecule has 10 heteroatoms. The van der Waals surface area contributed by atoms with Crippen molar-refractivity contribution < 1.29 is 21.6 Å². The molecule has 0 aliphatic carbocycles. The quantitative estimate of drug-likeness (QED) is 0.320. The van der Waals surface area contributed by atoms with E-state index < -0.39 is 28.0 Å². The zero-order chi connectivity index (χ0) is 16.6. The number of hydrogen-bond acceptors (Lipinski definition) is 9. The maximum Gasteiger partial charge on any atom is 0.402 e. The summed E-state index contributed by atoms with van der Waals surface area (Å²) in [6.45, 7) is 3.81. The van der Waals surface area contributed by atoms with E-state index in [1.54, 1.807) is 0 Å². The van der Waals surface area contributed by atoms with Crippen LogP contribution in [0.5, 0.6) is 0 Å². The molecule has 0 saturated carbocycles. The second kappa shape index (κ2) is 8.87. The molecule has 1 rings (SSSR count). The molecule has 2 unspecified atom stereocenters. The van der Waals surface area contributed by atoms with E-state index in [2.05, 4.69) is 10.6 Å². The smallest absolute Gasteiger partial charge is 0.330 e. The van der Waals surface area contributed by atoms with Crippen molar-refractivity contribution in [3.05, 3.63) is 0 Å². The van der Waals surface area contributed by atoms with Gasteiger partial charge in [-0.05, 0) is 58.9 Å². The normalized spacial score (nSPS) is 27.1. The second-order valence-corrected chi connectivity index (χ2v) is 6.29. The Hall–Kier alpha value is -0.620. The number of hydrogen-bond donors (Lipinski definition) is 4. The molecule has 1 aliphatic rings. The fourth-order valence-electron chi connectivity index (χ4n) is 2.21. The lowest BCUT2D eigenvalue weighted by molar-refractivity contribution is -0.138. The van der Waals surface area contributed by atoms with Crippen LogP contribution in [0.4, 0.5) is 0 Å². The van der Waals surface area contributed by atoms with Crippen LogP contribution in [0.1, 0.15) is 26.2 Å². The molecule has 6 N–H and O–H groups in total. The van der Waals surface area contributed by atoms with Gasteiger partial charge in [0, 0.05) is 0 Å². The van der Waals surface area contributed by atoms with Gasteiger partial charge in [0.05, 0.1) is 0 Å². The molecule has 2 atom stereocenters. The monoisotopic (exact) mass is 338 g/mol. The van der Waals surface area contributed by atoms with Crippen LogP contribution >= 0.6 is 0 Å². The summed E-state index contributed by atoms with van der Waals surface area (Å²) in [5.41, 5.74) is 9.13. The second-order valence-electron chi connectivity index (χ2n) is 5.12. The SMILES string of the molecule is CC(=O)C1(NCCCN)OS(=O)(=O)OC1CCNCCCN. The average Bonchev–Trinajstić information content (AvgIpc) is 2.71. The molecule has 0 aromatic heterocycles. The molecule has 0 aromatic rings. The Morgan fingerprint density at radius 1 is 1.18 bits per heavy atom. The largest absolute Gasteiger partial charge is 0.402 e. The van der Waals surface area contributed by atoms with E-state index >= 15 is 0 Å². The lowest BCUT2D eigenvalue weighted by atomic mass is 9.99. The Bertz CT molecular complexity index is 458. The van der Waals surface area contributed by atoms with E-state index in [4.69, 9.17) is 19.8 Å². The zero-order valence-electron chi connectivity index (χ0n) is 12.8. The molecule has 0 aromatic carbocycles. The van der Waals surface area contributed by atoms with Gasteiger partial charge in [-0.1, -0.05) is 0 Å². The lowest BCUT2D eigenvalue weighted by Gasteiger charge is -2.29. The van der Waals surface area contributed by atoms with Crippen LogP contribution in [-0.4, -0.2) is 58.8 Å². The van der Waals surface area contributed by atoms with Gasteiger partial charge in [-0.3, -0.25) is 10.1 Å². The third kappa shape index (κ3) is 5.23. The van der Waals surface area contributed by atoms with E-state index in [0.717, 1.165) is 6.42 Å². The molecule has 0 spiro atoms. The molecule has 1 fully saturated rings. The number of nitrogens with one attached hydrogen (secondary N) is 2. The molecule has 0 amide bonds. The van der Waals surface area contributed by atoms with Gasteiger partial charge in [-0.2, -0.15) is 8.42 Å². The summed E-state index contributed by atoms with van der Waals surface area (Å²) >= 11 is 0. The van der Waals surface area contributed by atoms with Gasteiger partial charge in [0.1, 0.15) is 6.10 Å². The lowest BCUT2D eigenvalue weighted by Crippen LogP contribution is -2.59. The summed E-state index contributed by atoms with van der Waals surface area (Å²) < 4.78 is 33.1. The van der Waals surface area contributed by atoms with Crippen LogP contribution in [0, 0.1) is 0 Å². The first-order chi connectivity index (χ1) is 10.4. The van der Waals surface area contributed by atoms with Crippen molar-refractivity contribution in [3.63, 3.8) is 0 Å². The van der Waals surface area contributed by atoms with Gasteiger partial charge < -0.3 is 16.8 Å². The highest BCUT2D eigenvalue weighted by Crippen LogP contribution is 2.32. The minimum Gasteiger partial charge on any atom is -0.330 e. The first-order valence-corrected chi connectivity index (χ1v) is 8.72. The van der Waals surface area contributed by atoms with Gasteiger partial charge in [-0.25, -0.2) is 8.37 Å². The zero-order valence-corrected chi connectivity index (χ0v) is 13.7. The third-order valence-corrected chi connectivity index (χ3v) is 4.29. The van der Waals surface area contributed by atoms with Crippen LogP contribution in [0.15, 0.2) is 0 Å². The molecule has 1 saturated heterocycles. The van der Waals surface area contributed by atoms with E-state index in [-0.39, 0.29) is 0 Å². The number of carbonyl (C=O) groups is 1. The van der Waals surface area contributed by atoms with Gasteiger partial charge in [0.2, 0.25) is 5.72 Å². The van der Waals surface area contributed by atoms with Crippen LogP contribution in [0.2, 0.25) is 0 Å². The van der Waals surface area contributed by atoms with Gasteiger partial charge >= 0.3 is 10.4 Å². The van der Waals surface area contributed by atoms with Gasteiger partial charge in [-0.15, -0.1) is 0 Å². The highest BCUT2D eigenvalue weighted by atomic mass is 32.3. The number of rotatable bonds is 11. The Morgan fingerprint density at radius 2 is 1.82 bits per heavy atom. The molecular weight excluding hydrogens is 312 g/mol. The van der Waals surface area contributed by atoms with Crippen molar-refractivity contribution in [2.75, 3.05) is 32.7 Å². The number of Topliss-reactive ketones (excluding diaryl/α,β-unsaturated/α-hetero) is 1. The topological polar surface area (TPSA) is 146 Å². The molecule has 0 bridgehead atoms. The molecule has 22 heavy (non-hydrogen) atoms. The van der Waals surface area contributed by atoms with Crippen LogP contribution in [0.25, 0.3) is 0 Å². The average molecular weight is 338 g/mol. The number of carbonyl (C=O) groups excluding carboxylic acids is 1. The summed E-state index contributed by atoms with van der Waals surface area (Å²) in [5.74, 6) is -0.447. The number of nitrogens with two attached hydrogens (primary N) is 2. The van der Waals surface area contributed by atoms with Gasteiger partial charge in [0.25, 0.3) is 0 Å². The summed E-state index contributed by atoms with van der Waals surface area (Å²) in [4.78, 5) is 12.0. The predicted octanol–water partition coefficient (Wildman–Crippen LogP) is -1.80. The van der Waals surface area contributed by atoms with Crippen molar-refractivity contribution in [1.29, 1.82) is 0 Å². The first-order valence-electron chi connectivity index (χ1n) is 7.38. The maximum absolute atomic E-state index is 12.0. The highest BCUT2D eigenvalue weighted by Gasteiger charge is 2.56. The van der Waals surface area contributed by atoms with Crippen molar-refractivity contribution >= 4 is 16.2 Å². The molecular formula is C12H26N4O5S. The highest BCUT2D eigenvalue weighted by molar-refractivity contribution is 7.82. The minimum absolute atomic E-state index is 0.305. The van der Waals surface area contributed by atoms with E-state index in [1.165, 1.54) is 6.92 Å². The van der Waals surface area contributed by atoms with Crippen LogP contribution < -0.4 is 22.1 Å². The predicted molar refractivity (Wildman–Crippen MR) is 81.1 cm³/mol. The van der Waals surface area contributed by atoms with Crippen LogP contribution in [0.3, 0.4) is 0 Å². The standard InChI is InChI=1S/C12H26N4O5S/c1-10(17)12(16-8-3-6-14)11(20-22(18,19)21-12)4-9-15-7-2-5-13/h11,15-16H,2-9,13-14H2,1H3. The molecule has 130 valence electrons. The molecule has 0 radical (unpaired) electrons. The Kier molecular flexibility index (Phi) is 7.83. The number of ketones is 1. The fourth-order valence-corrected chi connectivity index (χ4v) is 3.37. The molecule has 9 nitrogen and oxygen atoms in total. The van der Waals surface area contributed by atoms with Crippen LogP contribution in [-0.2, 0) is 23.6 Å². The van der Waals surface area contributed by atoms with Crippen molar-refractivity contribution in [1.82, 2.24) is 10.6 Å². The van der Waals surface area contributed by atoms with E-state index in [0.29, 0.717) is 45.6 Å². The fraction of sp³-hybridized carbons (Fsp3) is 0.917. The Balaban J connectivity index is 2.73. The Labute approximate surface area is 131 Å².